The standard InChI is InChI=1S/C30H34N2O5/c1-17-16-20(25(33)36-28(2,3)4)30(24-23(17)18-12-8-10-14-21(18)31-24)19-13-9-11-15-22(19)32(26(30)34)27(35)37-29(5,6)7/h8-15,20,24,31H,16H2,1-7H3. The first-order valence-corrected chi connectivity index (χ1v) is 12.7. The molecule has 194 valence electrons. The minimum Gasteiger partial charge on any atom is -0.460 e. The van der Waals surface area contributed by atoms with Gasteiger partial charge in [0, 0.05) is 11.3 Å². The van der Waals surface area contributed by atoms with E-state index in [9.17, 15) is 14.4 Å². The Morgan fingerprint density at radius 2 is 1.57 bits per heavy atom. The zero-order valence-electron chi connectivity index (χ0n) is 22.5. The number of para-hydroxylation sites is 2. The van der Waals surface area contributed by atoms with Gasteiger partial charge in [0.25, 0.3) is 5.91 Å². The molecule has 0 saturated carbocycles. The van der Waals surface area contributed by atoms with Gasteiger partial charge in [0.2, 0.25) is 0 Å². The van der Waals surface area contributed by atoms with Crippen LogP contribution in [0.1, 0.15) is 66.0 Å². The van der Waals surface area contributed by atoms with E-state index in [0.717, 1.165) is 27.3 Å². The summed E-state index contributed by atoms with van der Waals surface area (Å²) in [5.74, 6) is -1.78. The lowest BCUT2D eigenvalue weighted by atomic mass is 9.58. The number of nitrogens with zero attached hydrogens (tertiary/aromatic N) is 1. The summed E-state index contributed by atoms with van der Waals surface area (Å²) in [6, 6.07) is 14.6. The van der Waals surface area contributed by atoms with Crippen LogP contribution in [-0.4, -0.2) is 35.2 Å². The van der Waals surface area contributed by atoms with Gasteiger partial charge in [-0.1, -0.05) is 42.0 Å². The van der Waals surface area contributed by atoms with E-state index < -0.39 is 46.5 Å². The Bertz CT molecular complexity index is 1350. The number of hydrogen-bond acceptors (Lipinski definition) is 6. The molecule has 2 aromatic carbocycles. The van der Waals surface area contributed by atoms with Crippen molar-refractivity contribution in [3.63, 3.8) is 0 Å². The molecule has 5 rings (SSSR count). The Kier molecular flexibility index (Phi) is 5.55. The fraction of sp³-hybridized carbons (Fsp3) is 0.433. The molecule has 2 heterocycles. The van der Waals surface area contributed by atoms with Crippen LogP contribution < -0.4 is 10.2 Å². The molecular weight excluding hydrogens is 468 g/mol. The van der Waals surface area contributed by atoms with Gasteiger partial charge >= 0.3 is 12.1 Å². The van der Waals surface area contributed by atoms with Crippen molar-refractivity contribution in [1.29, 1.82) is 0 Å². The number of ether oxygens (including phenoxy) is 2. The Balaban J connectivity index is 1.75. The molecule has 0 radical (unpaired) electrons. The van der Waals surface area contributed by atoms with Crippen molar-refractivity contribution in [2.24, 2.45) is 5.92 Å². The molecule has 1 spiro atoms. The summed E-state index contributed by atoms with van der Waals surface area (Å²) in [5.41, 5.74) is 2.03. The molecule has 2 amide bonds. The summed E-state index contributed by atoms with van der Waals surface area (Å²) in [6.45, 7) is 12.7. The largest absolute Gasteiger partial charge is 0.460 e. The maximum absolute atomic E-state index is 14.7. The van der Waals surface area contributed by atoms with Crippen molar-refractivity contribution in [1.82, 2.24) is 0 Å². The topological polar surface area (TPSA) is 84.9 Å². The molecular formula is C30H34N2O5. The molecule has 2 aliphatic heterocycles. The molecule has 1 aliphatic carbocycles. The van der Waals surface area contributed by atoms with Crippen LogP contribution in [0.25, 0.3) is 5.57 Å². The van der Waals surface area contributed by atoms with Gasteiger partial charge < -0.3 is 14.8 Å². The lowest BCUT2D eigenvalue weighted by molar-refractivity contribution is -0.164. The van der Waals surface area contributed by atoms with Crippen LogP contribution in [0.15, 0.2) is 54.1 Å². The summed E-state index contributed by atoms with van der Waals surface area (Å²) in [7, 11) is 0. The van der Waals surface area contributed by atoms with E-state index in [-0.39, 0.29) is 0 Å². The average Bonchev–Trinajstić information content (AvgIpc) is 3.29. The number of hydrogen-bond donors (Lipinski definition) is 1. The summed E-state index contributed by atoms with van der Waals surface area (Å²) in [5, 5.41) is 3.56. The third-order valence-corrected chi connectivity index (χ3v) is 7.20. The van der Waals surface area contributed by atoms with E-state index in [2.05, 4.69) is 5.32 Å². The second-order valence-electron chi connectivity index (χ2n) is 12.1. The lowest BCUT2D eigenvalue weighted by Crippen LogP contribution is -2.60. The van der Waals surface area contributed by atoms with Crippen LogP contribution >= 0.6 is 0 Å². The third kappa shape index (κ3) is 3.83. The number of anilines is 2. The van der Waals surface area contributed by atoms with Gasteiger partial charge in [-0.2, -0.15) is 0 Å². The maximum Gasteiger partial charge on any atom is 0.421 e. The second-order valence-corrected chi connectivity index (χ2v) is 12.1. The Morgan fingerprint density at radius 3 is 2.24 bits per heavy atom. The van der Waals surface area contributed by atoms with Crippen molar-refractivity contribution < 1.29 is 23.9 Å². The van der Waals surface area contributed by atoms with Gasteiger partial charge in [-0.25, -0.2) is 9.69 Å². The highest BCUT2D eigenvalue weighted by molar-refractivity contribution is 6.24. The summed E-state index contributed by atoms with van der Waals surface area (Å²) >= 11 is 0. The molecule has 3 atom stereocenters. The van der Waals surface area contributed by atoms with Crippen molar-refractivity contribution in [3.8, 4) is 0 Å². The van der Waals surface area contributed by atoms with Gasteiger partial charge in [-0.05, 0) is 78.2 Å². The van der Waals surface area contributed by atoms with E-state index >= 15 is 0 Å². The number of fused-ring (bicyclic) bond motifs is 6. The SMILES string of the molecule is CC1=C2c3ccccc3NC2C2(C(=O)N(C(=O)OC(C)(C)C)c3ccccc32)C(C(=O)OC(C)(C)C)C1. The Morgan fingerprint density at radius 1 is 0.946 bits per heavy atom. The Labute approximate surface area is 217 Å². The molecule has 7 heteroatoms. The molecule has 0 fully saturated rings. The molecule has 37 heavy (non-hydrogen) atoms. The smallest absolute Gasteiger partial charge is 0.421 e. The zero-order valence-corrected chi connectivity index (χ0v) is 22.5. The number of carbonyl (C=O) groups excluding carboxylic acids is 3. The first-order chi connectivity index (χ1) is 17.3. The molecule has 0 saturated heterocycles. The van der Waals surface area contributed by atoms with Gasteiger partial charge in [-0.15, -0.1) is 0 Å². The fourth-order valence-electron chi connectivity index (χ4n) is 6.00. The van der Waals surface area contributed by atoms with Gasteiger partial charge in [-0.3, -0.25) is 9.59 Å². The first-order valence-electron chi connectivity index (χ1n) is 12.7. The highest BCUT2D eigenvalue weighted by atomic mass is 16.6. The van der Waals surface area contributed by atoms with Crippen molar-refractivity contribution in [2.45, 2.75) is 77.5 Å². The normalized spacial score (nSPS) is 24.4. The third-order valence-electron chi connectivity index (χ3n) is 7.20. The number of nitrogens with one attached hydrogen (secondary N) is 1. The average molecular weight is 503 g/mol. The fourth-order valence-corrected chi connectivity index (χ4v) is 6.00. The van der Waals surface area contributed by atoms with Gasteiger partial charge in [0.15, 0.2) is 0 Å². The zero-order chi connectivity index (χ0) is 26.9. The number of rotatable bonds is 1. The minimum absolute atomic E-state index is 0.332. The van der Waals surface area contributed by atoms with E-state index in [1.807, 2.05) is 64.1 Å². The number of imide groups is 1. The summed E-state index contributed by atoms with van der Waals surface area (Å²) in [6.07, 6.45) is -0.424. The van der Waals surface area contributed by atoms with Crippen LogP contribution in [0.5, 0.6) is 0 Å². The van der Waals surface area contributed by atoms with E-state index in [0.29, 0.717) is 17.7 Å². The quantitative estimate of drug-likeness (QED) is 0.494. The number of amides is 2. The molecule has 3 unspecified atom stereocenters. The first kappa shape index (κ1) is 25.1. The van der Waals surface area contributed by atoms with Crippen LogP contribution in [0, 0.1) is 5.92 Å². The molecule has 3 aliphatic rings. The minimum atomic E-state index is -1.40. The molecule has 0 aromatic heterocycles. The van der Waals surface area contributed by atoms with Crippen molar-refractivity contribution in [3.05, 3.63) is 65.2 Å². The van der Waals surface area contributed by atoms with Crippen molar-refractivity contribution >= 4 is 34.9 Å². The highest BCUT2D eigenvalue weighted by Gasteiger charge is 2.67. The molecule has 0 bridgehead atoms. The lowest BCUT2D eigenvalue weighted by Gasteiger charge is -2.45. The molecule has 1 N–H and O–H groups in total. The van der Waals surface area contributed by atoms with E-state index in [1.54, 1.807) is 32.9 Å². The molecule has 7 nitrogen and oxygen atoms in total. The van der Waals surface area contributed by atoms with Crippen LogP contribution in [0.2, 0.25) is 0 Å². The molecule has 2 aromatic rings. The number of benzene rings is 2. The second kappa shape index (κ2) is 8.20. The highest BCUT2D eigenvalue weighted by Crippen LogP contribution is 2.59. The van der Waals surface area contributed by atoms with Gasteiger partial charge in [0.1, 0.15) is 16.6 Å². The van der Waals surface area contributed by atoms with Crippen molar-refractivity contribution in [2.75, 3.05) is 10.2 Å². The van der Waals surface area contributed by atoms with Crippen LogP contribution in [0.3, 0.4) is 0 Å². The number of esters is 1. The van der Waals surface area contributed by atoms with Crippen LogP contribution in [0.4, 0.5) is 16.2 Å². The predicted molar refractivity (Wildman–Crippen MR) is 142 cm³/mol. The number of carbonyl (C=O) groups is 3. The van der Waals surface area contributed by atoms with Gasteiger partial charge in [0.05, 0.1) is 17.6 Å². The summed E-state index contributed by atoms with van der Waals surface area (Å²) < 4.78 is 11.6. The van der Waals surface area contributed by atoms with E-state index in [4.69, 9.17) is 9.47 Å². The Hall–Kier alpha value is -3.61. The van der Waals surface area contributed by atoms with E-state index in [1.165, 1.54) is 0 Å². The monoisotopic (exact) mass is 502 g/mol. The predicted octanol–water partition coefficient (Wildman–Crippen LogP) is 5.84. The summed E-state index contributed by atoms with van der Waals surface area (Å²) in [4.78, 5) is 43.2. The maximum atomic E-state index is 14.7. The van der Waals surface area contributed by atoms with Crippen LogP contribution in [-0.2, 0) is 24.5 Å². The number of allylic oxidation sites excluding steroid dienone is 1.